The Morgan fingerprint density at radius 1 is 1.27 bits per heavy atom. The lowest BCUT2D eigenvalue weighted by Gasteiger charge is -2.12. The van der Waals surface area contributed by atoms with E-state index in [-0.39, 0.29) is 23.9 Å². The molecule has 3 aromatic rings. The van der Waals surface area contributed by atoms with Crippen LogP contribution in [0.25, 0.3) is 10.9 Å². The summed E-state index contributed by atoms with van der Waals surface area (Å²) in [6.45, 7) is 0.196. The Hall–Kier alpha value is -2.71. The van der Waals surface area contributed by atoms with Crippen molar-refractivity contribution in [1.82, 2.24) is 15.3 Å². The molecule has 3 rings (SSSR count). The van der Waals surface area contributed by atoms with E-state index in [9.17, 15) is 9.59 Å². The van der Waals surface area contributed by atoms with Crippen LogP contribution in [0, 0.1) is 0 Å². The topological polar surface area (TPSA) is 90.4 Å². The van der Waals surface area contributed by atoms with Gasteiger partial charge < -0.3 is 14.8 Å². The van der Waals surface area contributed by atoms with Gasteiger partial charge in [0.05, 0.1) is 25.2 Å². The number of rotatable bonds is 5. The smallest absolute Gasteiger partial charge is 0.343 e. The number of carbonyl (C=O) groups is 2. The summed E-state index contributed by atoms with van der Waals surface area (Å²) in [5.74, 6) is -0.717. The van der Waals surface area contributed by atoms with Gasteiger partial charge in [-0.05, 0) is 23.8 Å². The van der Waals surface area contributed by atoms with E-state index >= 15 is 0 Å². The normalized spacial score (nSPS) is 10.6. The number of hydrogen-bond donors (Lipinski definition) is 1. The van der Waals surface area contributed by atoms with Crippen LogP contribution in [0.1, 0.15) is 26.4 Å². The van der Waals surface area contributed by atoms with Gasteiger partial charge in [-0.1, -0.05) is 11.6 Å². The average molecular weight is 392 g/mol. The van der Waals surface area contributed by atoms with Gasteiger partial charge in [-0.25, -0.2) is 14.8 Å². The van der Waals surface area contributed by atoms with Crippen molar-refractivity contribution in [3.63, 3.8) is 0 Å². The minimum Gasteiger partial charge on any atom is -0.480 e. The molecule has 0 unspecified atom stereocenters. The lowest BCUT2D eigenvalue weighted by Crippen LogP contribution is -2.23. The van der Waals surface area contributed by atoms with Crippen molar-refractivity contribution < 1.29 is 19.1 Å². The van der Waals surface area contributed by atoms with Crippen molar-refractivity contribution in [2.45, 2.75) is 6.54 Å². The third kappa shape index (κ3) is 3.61. The van der Waals surface area contributed by atoms with Crippen LogP contribution in [0.15, 0.2) is 29.1 Å². The van der Waals surface area contributed by atoms with E-state index < -0.39 is 5.97 Å². The average Bonchev–Trinajstić information content (AvgIpc) is 3.18. The van der Waals surface area contributed by atoms with Crippen LogP contribution >= 0.6 is 22.9 Å². The number of pyridine rings is 1. The molecule has 0 aliphatic rings. The number of esters is 1. The van der Waals surface area contributed by atoms with Crippen molar-refractivity contribution in [1.29, 1.82) is 0 Å². The third-order valence-corrected chi connectivity index (χ3v) is 4.43. The zero-order valence-electron chi connectivity index (χ0n) is 13.9. The highest BCUT2D eigenvalue weighted by atomic mass is 35.5. The van der Waals surface area contributed by atoms with Crippen molar-refractivity contribution in [2.75, 3.05) is 14.2 Å². The first-order valence-electron chi connectivity index (χ1n) is 7.45. The molecule has 0 atom stereocenters. The van der Waals surface area contributed by atoms with Gasteiger partial charge in [0.2, 0.25) is 5.88 Å². The Kier molecular flexibility index (Phi) is 5.34. The lowest BCUT2D eigenvalue weighted by molar-refractivity contribution is 0.0596. The largest absolute Gasteiger partial charge is 0.480 e. The zero-order valence-corrected chi connectivity index (χ0v) is 15.5. The quantitative estimate of drug-likeness (QED) is 0.672. The fraction of sp³-hybridized carbons (Fsp3) is 0.176. The third-order valence-electron chi connectivity index (χ3n) is 3.63. The number of benzene rings is 1. The maximum Gasteiger partial charge on any atom is 0.343 e. The Balaban J connectivity index is 1.99. The summed E-state index contributed by atoms with van der Waals surface area (Å²) >= 11 is 7.52. The van der Waals surface area contributed by atoms with Gasteiger partial charge in [0, 0.05) is 22.3 Å². The summed E-state index contributed by atoms with van der Waals surface area (Å²) in [5, 5.41) is 5.54. The van der Waals surface area contributed by atoms with Gasteiger partial charge in [-0.3, -0.25) is 4.79 Å². The molecule has 1 N–H and O–H groups in total. The summed E-state index contributed by atoms with van der Waals surface area (Å²) in [6.07, 6.45) is 0. The maximum atomic E-state index is 12.1. The number of nitrogens with zero attached hydrogens (tertiary/aromatic N) is 2. The van der Waals surface area contributed by atoms with Gasteiger partial charge in [0.15, 0.2) is 0 Å². The molecule has 7 nitrogen and oxygen atoms in total. The van der Waals surface area contributed by atoms with E-state index in [1.54, 1.807) is 29.1 Å². The van der Waals surface area contributed by atoms with Gasteiger partial charge >= 0.3 is 5.97 Å². The van der Waals surface area contributed by atoms with Crippen molar-refractivity contribution >= 4 is 45.7 Å². The second-order valence-electron chi connectivity index (χ2n) is 5.23. The van der Waals surface area contributed by atoms with Gasteiger partial charge in [0.25, 0.3) is 5.91 Å². The highest BCUT2D eigenvalue weighted by Gasteiger charge is 2.18. The number of fused-ring (bicyclic) bond motifs is 1. The number of methoxy groups -OCH3 is 2. The van der Waals surface area contributed by atoms with Crippen LogP contribution in [0.4, 0.5) is 0 Å². The fourth-order valence-corrected chi connectivity index (χ4v) is 3.22. The van der Waals surface area contributed by atoms with Crippen molar-refractivity contribution in [3.8, 4) is 5.88 Å². The summed E-state index contributed by atoms with van der Waals surface area (Å²) in [5.41, 5.74) is 3.38. The first-order chi connectivity index (χ1) is 12.5. The molecule has 0 spiro atoms. The first-order valence-corrected chi connectivity index (χ1v) is 8.77. The Morgan fingerprint density at radius 2 is 2.08 bits per heavy atom. The SMILES string of the molecule is COC(=O)c1cc2cc(Cl)cc(CNC(=O)c3cscn3)c2nc1OC. The highest BCUT2D eigenvalue weighted by molar-refractivity contribution is 7.07. The van der Waals surface area contributed by atoms with Crippen LogP contribution in [0.3, 0.4) is 0 Å². The number of halogens is 1. The number of hydrogen-bond acceptors (Lipinski definition) is 7. The molecule has 0 bridgehead atoms. The van der Waals surface area contributed by atoms with Gasteiger partial charge in [-0.15, -0.1) is 11.3 Å². The molecule has 134 valence electrons. The molecule has 0 saturated heterocycles. The van der Waals surface area contributed by atoms with Gasteiger partial charge in [-0.2, -0.15) is 0 Å². The maximum absolute atomic E-state index is 12.1. The lowest BCUT2D eigenvalue weighted by atomic mass is 10.1. The number of carbonyl (C=O) groups excluding carboxylic acids is 2. The molecule has 0 saturated carbocycles. The monoisotopic (exact) mass is 391 g/mol. The summed E-state index contributed by atoms with van der Waals surface area (Å²) < 4.78 is 9.96. The van der Waals surface area contributed by atoms with E-state index in [1.165, 1.54) is 25.6 Å². The van der Waals surface area contributed by atoms with Crippen molar-refractivity contribution in [2.24, 2.45) is 0 Å². The molecular formula is C17H14ClN3O4S. The number of thiazole rings is 1. The van der Waals surface area contributed by atoms with Crippen LogP contribution in [0.5, 0.6) is 5.88 Å². The minimum atomic E-state index is -0.561. The zero-order chi connectivity index (χ0) is 18.7. The molecule has 1 aromatic carbocycles. The van der Waals surface area contributed by atoms with Gasteiger partial charge in [0.1, 0.15) is 11.3 Å². The van der Waals surface area contributed by atoms with Crippen LogP contribution < -0.4 is 10.1 Å². The summed E-state index contributed by atoms with van der Waals surface area (Å²) in [7, 11) is 2.70. The Morgan fingerprint density at radius 3 is 2.73 bits per heavy atom. The van der Waals surface area contributed by atoms with Crippen molar-refractivity contribution in [3.05, 3.63) is 50.9 Å². The molecule has 26 heavy (non-hydrogen) atoms. The summed E-state index contributed by atoms with van der Waals surface area (Å²) in [6, 6.07) is 4.99. The molecule has 2 heterocycles. The van der Waals surface area contributed by atoms with E-state index in [0.29, 0.717) is 27.2 Å². The molecule has 1 amide bonds. The second kappa shape index (κ2) is 7.67. The van der Waals surface area contributed by atoms with E-state index in [1.807, 2.05) is 0 Å². The first kappa shape index (κ1) is 18.1. The fourth-order valence-electron chi connectivity index (χ4n) is 2.44. The number of aromatic nitrogens is 2. The highest BCUT2D eigenvalue weighted by Crippen LogP contribution is 2.28. The van der Waals surface area contributed by atoms with Crippen LogP contribution in [-0.2, 0) is 11.3 Å². The predicted molar refractivity (Wildman–Crippen MR) is 97.9 cm³/mol. The van der Waals surface area contributed by atoms with Crippen LogP contribution in [-0.4, -0.2) is 36.1 Å². The number of amides is 1. The predicted octanol–water partition coefficient (Wildman–Crippen LogP) is 3.07. The number of nitrogens with one attached hydrogen (secondary N) is 1. The standard InChI is InChI=1S/C17H14ClN3O4S/c1-24-16-12(17(23)25-2)5-9-3-11(18)4-10(14(9)21-16)6-19-15(22)13-7-26-8-20-13/h3-5,7-8H,6H2,1-2H3,(H,19,22). The van der Waals surface area contributed by atoms with E-state index in [0.717, 1.165) is 0 Å². The molecule has 9 heteroatoms. The molecule has 0 radical (unpaired) electrons. The minimum absolute atomic E-state index is 0.138. The molecule has 0 fully saturated rings. The molecule has 2 aromatic heterocycles. The molecule has 0 aliphatic heterocycles. The second-order valence-corrected chi connectivity index (χ2v) is 6.38. The number of ether oxygens (including phenoxy) is 2. The Labute approximate surface area is 157 Å². The Bertz CT molecular complexity index is 976. The summed E-state index contributed by atoms with van der Waals surface area (Å²) in [4.78, 5) is 32.4. The molecular weight excluding hydrogens is 378 g/mol. The molecule has 0 aliphatic carbocycles. The van der Waals surface area contributed by atoms with E-state index in [2.05, 4.69) is 15.3 Å². The van der Waals surface area contributed by atoms with E-state index in [4.69, 9.17) is 21.1 Å². The van der Waals surface area contributed by atoms with Crippen LogP contribution in [0.2, 0.25) is 5.02 Å².